The van der Waals surface area contributed by atoms with E-state index < -0.39 is 0 Å². The van der Waals surface area contributed by atoms with Crippen LogP contribution in [0.1, 0.15) is 36.9 Å². The highest BCUT2D eigenvalue weighted by Crippen LogP contribution is 2.21. The molecule has 0 aliphatic carbocycles. The molecule has 168 valence electrons. The Bertz CT molecular complexity index is 1040. The fourth-order valence-corrected chi connectivity index (χ4v) is 4.09. The van der Waals surface area contributed by atoms with Gasteiger partial charge in [-0.2, -0.15) is 0 Å². The van der Waals surface area contributed by atoms with E-state index in [2.05, 4.69) is 37.8 Å². The van der Waals surface area contributed by atoms with E-state index >= 15 is 0 Å². The molecule has 0 atom stereocenters. The van der Waals surface area contributed by atoms with Crippen LogP contribution in [-0.4, -0.2) is 64.8 Å². The number of carbonyl (C=O) groups excluding carboxylic acids is 2. The number of nitrogens with zero attached hydrogens (tertiary/aromatic N) is 3. The molecular weight excluding hydrogens is 402 g/mol. The minimum absolute atomic E-state index is 0.0902. The third-order valence-electron chi connectivity index (χ3n) is 5.95. The Morgan fingerprint density at radius 3 is 2.25 bits per heavy atom. The lowest BCUT2D eigenvalue weighted by Gasteiger charge is -2.39. The van der Waals surface area contributed by atoms with Crippen molar-refractivity contribution in [3.8, 4) is 0 Å². The van der Waals surface area contributed by atoms with Gasteiger partial charge < -0.3 is 14.2 Å². The number of hydrogen-bond donors (Lipinski definition) is 0. The third kappa shape index (κ3) is 5.02. The quantitative estimate of drug-likeness (QED) is 0.610. The van der Waals surface area contributed by atoms with Gasteiger partial charge in [0.2, 0.25) is 5.91 Å². The molecule has 1 aliphatic heterocycles. The summed E-state index contributed by atoms with van der Waals surface area (Å²) in [6.07, 6.45) is 0. The highest BCUT2D eigenvalue weighted by atomic mass is 16.3. The molecule has 3 aromatic rings. The van der Waals surface area contributed by atoms with Crippen molar-refractivity contribution in [1.29, 1.82) is 0 Å². The zero-order chi connectivity index (χ0) is 22.7. The minimum atomic E-state index is -0.272. The standard InChI is InChI=1S/C26H31N3O3/c1-26(2,3)29(18-20-9-5-4-6-10-20)24(30)19-27-13-15-28(16-14-27)25(31)23-17-21-11-7-8-12-22(21)32-23/h4-12,17H,13-16,18-19H2,1-3H3. The fraction of sp³-hybridized carbons (Fsp3) is 0.385. The van der Waals surface area contributed by atoms with Gasteiger partial charge in [-0.25, -0.2) is 0 Å². The Morgan fingerprint density at radius 1 is 0.938 bits per heavy atom. The van der Waals surface area contributed by atoms with Crippen molar-refractivity contribution in [1.82, 2.24) is 14.7 Å². The first kappa shape index (κ1) is 22.1. The molecule has 2 aromatic carbocycles. The Labute approximate surface area is 189 Å². The lowest BCUT2D eigenvalue weighted by molar-refractivity contribution is -0.138. The van der Waals surface area contributed by atoms with Crippen LogP contribution in [0.3, 0.4) is 0 Å². The predicted octanol–water partition coefficient (Wildman–Crippen LogP) is 4.02. The number of furan rings is 1. The van der Waals surface area contributed by atoms with Crippen LogP contribution in [0.4, 0.5) is 0 Å². The molecule has 0 radical (unpaired) electrons. The second kappa shape index (κ2) is 9.17. The van der Waals surface area contributed by atoms with Crippen molar-refractivity contribution in [3.05, 3.63) is 72.0 Å². The van der Waals surface area contributed by atoms with Gasteiger partial charge in [-0.1, -0.05) is 48.5 Å². The molecule has 0 unspecified atom stereocenters. The van der Waals surface area contributed by atoms with Gasteiger partial charge in [0.25, 0.3) is 5.91 Å². The number of benzene rings is 2. The number of amides is 2. The Hall–Kier alpha value is -3.12. The molecule has 1 fully saturated rings. The molecule has 6 nitrogen and oxygen atoms in total. The first-order valence-electron chi connectivity index (χ1n) is 11.2. The average Bonchev–Trinajstić information content (AvgIpc) is 3.22. The summed E-state index contributed by atoms with van der Waals surface area (Å²) in [4.78, 5) is 31.9. The van der Waals surface area contributed by atoms with Gasteiger partial charge in [0.05, 0.1) is 6.54 Å². The van der Waals surface area contributed by atoms with Crippen molar-refractivity contribution in [2.45, 2.75) is 32.9 Å². The SMILES string of the molecule is CC(C)(C)N(Cc1ccccc1)C(=O)CN1CCN(C(=O)c2cc3ccccc3o2)CC1. The fourth-order valence-electron chi connectivity index (χ4n) is 4.09. The number of piperazine rings is 1. The number of hydrogen-bond acceptors (Lipinski definition) is 4. The van der Waals surface area contributed by atoms with Gasteiger partial charge in [0, 0.05) is 43.6 Å². The number of fused-ring (bicyclic) bond motifs is 1. The smallest absolute Gasteiger partial charge is 0.289 e. The van der Waals surface area contributed by atoms with E-state index in [1.165, 1.54) is 0 Å². The topological polar surface area (TPSA) is 57.0 Å². The molecule has 2 heterocycles. The van der Waals surface area contributed by atoms with Crippen molar-refractivity contribution >= 4 is 22.8 Å². The third-order valence-corrected chi connectivity index (χ3v) is 5.95. The molecular formula is C26H31N3O3. The van der Waals surface area contributed by atoms with E-state index in [0.29, 0.717) is 45.0 Å². The summed E-state index contributed by atoms with van der Waals surface area (Å²) in [5.41, 5.74) is 1.57. The van der Waals surface area contributed by atoms with Crippen LogP contribution in [0.25, 0.3) is 11.0 Å². The van der Waals surface area contributed by atoms with Gasteiger partial charge in [0.1, 0.15) is 5.58 Å². The van der Waals surface area contributed by atoms with Gasteiger partial charge in [-0.15, -0.1) is 0 Å². The van der Waals surface area contributed by atoms with Crippen molar-refractivity contribution in [3.63, 3.8) is 0 Å². The Morgan fingerprint density at radius 2 is 1.59 bits per heavy atom. The van der Waals surface area contributed by atoms with Gasteiger partial charge >= 0.3 is 0 Å². The van der Waals surface area contributed by atoms with E-state index in [1.54, 1.807) is 6.07 Å². The maximum absolute atomic E-state index is 13.2. The average molecular weight is 434 g/mol. The summed E-state index contributed by atoms with van der Waals surface area (Å²) in [5.74, 6) is 0.392. The van der Waals surface area contributed by atoms with Crippen LogP contribution in [0.2, 0.25) is 0 Å². The van der Waals surface area contributed by atoms with Crippen LogP contribution in [0.15, 0.2) is 65.1 Å². The lowest BCUT2D eigenvalue weighted by atomic mass is 10.0. The van der Waals surface area contributed by atoms with Crippen molar-refractivity contribution < 1.29 is 14.0 Å². The summed E-state index contributed by atoms with van der Waals surface area (Å²) < 4.78 is 5.73. The lowest BCUT2D eigenvalue weighted by Crippen LogP contribution is -2.53. The molecule has 1 aliphatic rings. The minimum Gasteiger partial charge on any atom is -0.451 e. The van der Waals surface area contributed by atoms with Crippen LogP contribution < -0.4 is 0 Å². The summed E-state index contributed by atoms with van der Waals surface area (Å²) in [5, 5.41) is 0.931. The summed E-state index contributed by atoms with van der Waals surface area (Å²) in [7, 11) is 0. The van der Waals surface area contributed by atoms with Crippen LogP contribution >= 0.6 is 0 Å². The second-order valence-electron chi connectivity index (χ2n) is 9.35. The summed E-state index contributed by atoms with van der Waals surface area (Å²) in [6.45, 7) is 9.65. The molecule has 0 saturated carbocycles. The highest BCUT2D eigenvalue weighted by Gasteiger charge is 2.30. The zero-order valence-corrected chi connectivity index (χ0v) is 19.1. The molecule has 2 amide bonds. The molecule has 4 rings (SSSR count). The van der Waals surface area contributed by atoms with E-state index in [1.807, 2.05) is 52.3 Å². The zero-order valence-electron chi connectivity index (χ0n) is 19.1. The van der Waals surface area contributed by atoms with Crippen LogP contribution in [0.5, 0.6) is 0 Å². The van der Waals surface area contributed by atoms with E-state index in [9.17, 15) is 9.59 Å². The van der Waals surface area contributed by atoms with Crippen molar-refractivity contribution in [2.24, 2.45) is 0 Å². The van der Waals surface area contributed by atoms with E-state index in [-0.39, 0.29) is 17.4 Å². The van der Waals surface area contributed by atoms with Gasteiger partial charge in [-0.05, 0) is 38.5 Å². The van der Waals surface area contributed by atoms with Crippen molar-refractivity contribution in [2.75, 3.05) is 32.7 Å². The van der Waals surface area contributed by atoms with Gasteiger partial charge in [0.15, 0.2) is 5.76 Å². The maximum atomic E-state index is 13.2. The largest absolute Gasteiger partial charge is 0.451 e. The molecule has 0 bridgehead atoms. The normalized spacial score (nSPS) is 15.2. The second-order valence-corrected chi connectivity index (χ2v) is 9.35. The Balaban J connectivity index is 1.35. The molecule has 6 heteroatoms. The monoisotopic (exact) mass is 433 g/mol. The first-order valence-corrected chi connectivity index (χ1v) is 11.2. The molecule has 0 N–H and O–H groups in total. The van der Waals surface area contributed by atoms with Gasteiger partial charge in [-0.3, -0.25) is 14.5 Å². The maximum Gasteiger partial charge on any atom is 0.289 e. The summed E-state index contributed by atoms with van der Waals surface area (Å²) in [6, 6.07) is 19.5. The van der Waals surface area contributed by atoms with E-state index in [0.717, 1.165) is 16.5 Å². The highest BCUT2D eigenvalue weighted by molar-refractivity contribution is 5.96. The van der Waals surface area contributed by atoms with Crippen LogP contribution in [-0.2, 0) is 11.3 Å². The van der Waals surface area contributed by atoms with Crippen LogP contribution in [0, 0.1) is 0 Å². The van der Waals surface area contributed by atoms with E-state index in [4.69, 9.17) is 4.42 Å². The molecule has 32 heavy (non-hydrogen) atoms. The predicted molar refractivity (Wildman–Crippen MR) is 125 cm³/mol. The number of carbonyl (C=O) groups is 2. The first-order chi connectivity index (χ1) is 15.3. The number of para-hydroxylation sites is 1. The molecule has 0 spiro atoms. The number of rotatable bonds is 5. The Kier molecular flexibility index (Phi) is 6.33. The molecule has 1 saturated heterocycles. The molecule has 1 aromatic heterocycles. The summed E-state index contributed by atoms with van der Waals surface area (Å²) >= 11 is 0.